The zero-order valence-electron chi connectivity index (χ0n) is 16.1. The van der Waals surface area contributed by atoms with Crippen molar-refractivity contribution in [3.05, 3.63) is 30.4 Å². The number of hydrogen-bond donors (Lipinski definition) is 0. The summed E-state index contributed by atoms with van der Waals surface area (Å²) in [5.74, 6) is 1.63. The molecular weight excluding hydrogens is 368 g/mol. The number of rotatable bonds is 6. The number of nitrogens with zero attached hydrogens (tertiary/aromatic N) is 4. The van der Waals surface area contributed by atoms with Crippen LogP contribution in [0.25, 0.3) is 0 Å². The fourth-order valence-corrected chi connectivity index (χ4v) is 5.13. The third kappa shape index (κ3) is 3.79. The molecule has 1 aromatic carbocycles. The Hall–Kier alpha value is -2.13. The van der Waals surface area contributed by atoms with Crippen molar-refractivity contribution in [3.8, 4) is 11.5 Å². The van der Waals surface area contributed by atoms with Gasteiger partial charge in [-0.15, -0.1) is 10.2 Å². The first kappa shape index (κ1) is 19.6. The van der Waals surface area contributed by atoms with Crippen molar-refractivity contribution in [1.82, 2.24) is 19.1 Å². The molecule has 27 heavy (non-hydrogen) atoms. The molecule has 9 heteroatoms. The number of sulfonamides is 1. The molecular formula is C18H26N4O4S. The van der Waals surface area contributed by atoms with Crippen molar-refractivity contribution >= 4 is 10.0 Å². The highest BCUT2D eigenvalue weighted by Crippen LogP contribution is 2.34. The van der Waals surface area contributed by atoms with Gasteiger partial charge in [0.1, 0.15) is 28.5 Å². The lowest BCUT2D eigenvalue weighted by molar-refractivity contribution is 0.300. The maximum Gasteiger partial charge on any atom is 0.246 e. The van der Waals surface area contributed by atoms with Crippen LogP contribution in [0.5, 0.6) is 11.5 Å². The molecule has 0 N–H and O–H groups in total. The Labute approximate surface area is 160 Å². The summed E-state index contributed by atoms with van der Waals surface area (Å²) < 4.78 is 40.6. The van der Waals surface area contributed by atoms with E-state index in [4.69, 9.17) is 9.47 Å². The number of benzene rings is 1. The summed E-state index contributed by atoms with van der Waals surface area (Å²) in [6, 6.07) is 5.03. The zero-order chi connectivity index (χ0) is 19.6. The van der Waals surface area contributed by atoms with E-state index in [1.807, 2.05) is 4.57 Å². The SMILES string of the molecule is COc1ccc(OC)c(S(=O)(=O)N2CCC[C@H](c3nncn3C(C)C)C2)c1. The Morgan fingerprint density at radius 1 is 1.22 bits per heavy atom. The van der Waals surface area contributed by atoms with Gasteiger partial charge in [-0.3, -0.25) is 0 Å². The van der Waals surface area contributed by atoms with E-state index in [2.05, 4.69) is 24.0 Å². The summed E-state index contributed by atoms with van der Waals surface area (Å²) in [6.45, 7) is 4.96. The summed E-state index contributed by atoms with van der Waals surface area (Å²) in [7, 11) is -0.753. The molecule has 2 heterocycles. The molecule has 1 aromatic heterocycles. The number of hydrogen-bond acceptors (Lipinski definition) is 6. The van der Waals surface area contributed by atoms with Crippen LogP contribution < -0.4 is 9.47 Å². The highest BCUT2D eigenvalue weighted by Gasteiger charge is 2.35. The Bertz CT molecular complexity index is 895. The topological polar surface area (TPSA) is 86.6 Å². The van der Waals surface area contributed by atoms with Gasteiger partial charge in [0.25, 0.3) is 0 Å². The highest BCUT2D eigenvalue weighted by atomic mass is 32.2. The highest BCUT2D eigenvalue weighted by molar-refractivity contribution is 7.89. The predicted molar refractivity (Wildman–Crippen MR) is 101 cm³/mol. The molecule has 1 fully saturated rings. The molecule has 148 valence electrons. The van der Waals surface area contributed by atoms with Crippen molar-refractivity contribution in [3.63, 3.8) is 0 Å². The number of methoxy groups -OCH3 is 2. The van der Waals surface area contributed by atoms with Crippen molar-refractivity contribution in [2.75, 3.05) is 27.3 Å². The average Bonchev–Trinajstić information content (AvgIpc) is 3.17. The van der Waals surface area contributed by atoms with Gasteiger partial charge in [0, 0.05) is 31.1 Å². The van der Waals surface area contributed by atoms with Crippen molar-refractivity contribution in [2.24, 2.45) is 0 Å². The Morgan fingerprint density at radius 2 is 2.00 bits per heavy atom. The van der Waals surface area contributed by atoms with Gasteiger partial charge in [-0.05, 0) is 38.8 Å². The van der Waals surface area contributed by atoms with Gasteiger partial charge in [0.15, 0.2) is 0 Å². The van der Waals surface area contributed by atoms with E-state index in [-0.39, 0.29) is 16.9 Å². The smallest absolute Gasteiger partial charge is 0.246 e. The lowest BCUT2D eigenvalue weighted by atomic mass is 9.98. The van der Waals surface area contributed by atoms with Crippen LogP contribution in [0.1, 0.15) is 44.5 Å². The molecule has 3 rings (SSSR count). The predicted octanol–water partition coefficient (Wildman–Crippen LogP) is 2.44. The van der Waals surface area contributed by atoms with Crippen LogP contribution in [-0.4, -0.2) is 54.8 Å². The molecule has 1 aliphatic heterocycles. The standard InChI is InChI=1S/C18H26N4O4S/c1-13(2)22-12-19-20-18(22)14-6-5-9-21(11-14)27(23,24)17-10-15(25-3)7-8-16(17)26-4/h7-8,10,12-14H,5-6,9,11H2,1-4H3/t14-/m0/s1. The van der Waals surface area contributed by atoms with Gasteiger partial charge < -0.3 is 14.0 Å². The summed E-state index contributed by atoms with van der Waals surface area (Å²) in [6.07, 6.45) is 3.35. The average molecular weight is 394 g/mol. The van der Waals surface area contributed by atoms with E-state index < -0.39 is 10.0 Å². The minimum atomic E-state index is -3.72. The first-order valence-electron chi connectivity index (χ1n) is 9.00. The Kier molecular flexibility index (Phi) is 5.71. The molecule has 0 amide bonds. The lowest BCUT2D eigenvalue weighted by Gasteiger charge is -2.32. The van der Waals surface area contributed by atoms with E-state index in [1.54, 1.807) is 18.5 Å². The second kappa shape index (κ2) is 7.85. The monoisotopic (exact) mass is 394 g/mol. The number of ether oxygens (including phenoxy) is 2. The fourth-order valence-electron chi connectivity index (χ4n) is 3.44. The molecule has 1 aliphatic rings. The molecule has 0 aliphatic carbocycles. The van der Waals surface area contributed by atoms with E-state index in [1.165, 1.54) is 24.6 Å². The second-order valence-corrected chi connectivity index (χ2v) is 8.82. The summed E-state index contributed by atoms with van der Waals surface area (Å²) in [4.78, 5) is 0.121. The van der Waals surface area contributed by atoms with Gasteiger partial charge in [-0.25, -0.2) is 8.42 Å². The minimum Gasteiger partial charge on any atom is -0.497 e. The normalized spacial score (nSPS) is 18.6. The zero-order valence-corrected chi connectivity index (χ0v) is 16.9. The second-order valence-electron chi connectivity index (χ2n) is 6.91. The van der Waals surface area contributed by atoms with Gasteiger partial charge in [0.2, 0.25) is 10.0 Å². The molecule has 0 saturated carbocycles. The third-order valence-corrected chi connectivity index (χ3v) is 6.78. The van der Waals surface area contributed by atoms with E-state index in [9.17, 15) is 8.42 Å². The molecule has 0 bridgehead atoms. The first-order valence-corrected chi connectivity index (χ1v) is 10.4. The number of aromatic nitrogens is 3. The van der Waals surface area contributed by atoms with E-state index >= 15 is 0 Å². The van der Waals surface area contributed by atoms with Crippen LogP contribution in [0.3, 0.4) is 0 Å². The van der Waals surface area contributed by atoms with Crippen LogP contribution in [0.4, 0.5) is 0 Å². The Morgan fingerprint density at radius 3 is 2.67 bits per heavy atom. The summed E-state index contributed by atoms with van der Waals surface area (Å²) >= 11 is 0. The van der Waals surface area contributed by atoms with Crippen LogP contribution in [-0.2, 0) is 10.0 Å². The molecule has 0 unspecified atom stereocenters. The summed E-state index contributed by atoms with van der Waals surface area (Å²) in [5, 5.41) is 8.28. The first-order chi connectivity index (χ1) is 12.9. The van der Waals surface area contributed by atoms with Crippen LogP contribution in [0, 0.1) is 0 Å². The van der Waals surface area contributed by atoms with E-state index in [0.717, 1.165) is 18.7 Å². The fraction of sp³-hybridized carbons (Fsp3) is 0.556. The van der Waals surface area contributed by atoms with Gasteiger partial charge in [-0.2, -0.15) is 4.31 Å². The largest absolute Gasteiger partial charge is 0.497 e. The molecule has 2 aromatic rings. The summed E-state index contributed by atoms with van der Waals surface area (Å²) in [5.41, 5.74) is 0. The van der Waals surface area contributed by atoms with Crippen LogP contribution >= 0.6 is 0 Å². The molecule has 0 spiro atoms. The Balaban J connectivity index is 1.92. The maximum atomic E-state index is 13.3. The lowest BCUT2D eigenvalue weighted by Crippen LogP contribution is -2.40. The molecule has 1 saturated heterocycles. The van der Waals surface area contributed by atoms with Crippen molar-refractivity contribution < 1.29 is 17.9 Å². The maximum absolute atomic E-state index is 13.3. The quantitative estimate of drug-likeness (QED) is 0.748. The van der Waals surface area contributed by atoms with Crippen molar-refractivity contribution in [1.29, 1.82) is 0 Å². The van der Waals surface area contributed by atoms with Crippen molar-refractivity contribution in [2.45, 2.75) is 43.5 Å². The van der Waals surface area contributed by atoms with Gasteiger partial charge >= 0.3 is 0 Å². The number of piperidine rings is 1. The molecule has 0 radical (unpaired) electrons. The third-order valence-electron chi connectivity index (χ3n) is 4.90. The minimum absolute atomic E-state index is 0.00928. The van der Waals surface area contributed by atoms with Gasteiger partial charge in [-0.1, -0.05) is 0 Å². The molecule has 8 nitrogen and oxygen atoms in total. The van der Waals surface area contributed by atoms with Crippen LogP contribution in [0.2, 0.25) is 0 Å². The van der Waals surface area contributed by atoms with E-state index in [0.29, 0.717) is 24.6 Å². The van der Waals surface area contributed by atoms with Gasteiger partial charge in [0.05, 0.1) is 14.2 Å². The van der Waals surface area contributed by atoms with Crippen LogP contribution in [0.15, 0.2) is 29.4 Å². The molecule has 1 atom stereocenters.